The Morgan fingerprint density at radius 3 is 2.38 bits per heavy atom. The van der Waals surface area contributed by atoms with E-state index in [0.717, 1.165) is 51.7 Å². The molecule has 260 valence electrons. The van der Waals surface area contributed by atoms with Gasteiger partial charge in [0.2, 0.25) is 0 Å². The van der Waals surface area contributed by atoms with E-state index in [2.05, 4.69) is 41.4 Å². The Labute approximate surface area is 273 Å². The average molecular weight is 654 g/mol. The third kappa shape index (κ3) is 8.95. The Morgan fingerprint density at radius 2 is 1.67 bits per heavy atom. The lowest BCUT2D eigenvalue weighted by Gasteiger charge is -2.62. The number of unbranched alkanes of at least 4 members (excludes halogenated alkanes) is 1. The second-order valence-corrected chi connectivity index (χ2v) is 17.1. The van der Waals surface area contributed by atoms with Gasteiger partial charge in [0.15, 0.2) is 0 Å². The Bertz CT molecular complexity index is 1100. The van der Waals surface area contributed by atoms with Crippen molar-refractivity contribution in [3.05, 3.63) is 10.4 Å². The summed E-state index contributed by atoms with van der Waals surface area (Å²) in [5.74, 6) is 3.11. The zero-order valence-electron chi connectivity index (χ0n) is 28.7. The number of hydrogen-bond acceptors (Lipinski definition) is 7. The third-order valence-electron chi connectivity index (χ3n) is 13.2. The quantitative estimate of drug-likeness (QED) is 0.0437. The molecule has 0 saturated heterocycles. The van der Waals surface area contributed by atoms with Crippen molar-refractivity contribution in [3.63, 3.8) is 0 Å². The summed E-state index contributed by atoms with van der Waals surface area (Å²) in [5, 5.41) is 22.7. The lowest BCUT2D eigenvalue weighted by molar-refractivity contribution is -0.167. The molecule has 0 aromatic heterocycles. The molecule has 4 saturated carbocycles. The van der Waals surface area contributed by atoms with Crippen molar-refractivity contribution < 1.29 is 22.3 Å². The maximum Gasteiger partial charge on any atom is 0.397 e. The molecule has 0 bridgehead atoms. The number of hydrogen-bond donors (Lipinski definition) is 4. The van der Waals surface area contributed by atoms with Crippen LogP contribution in [0.5, 0.6) is 0 Å². The van der Waals surface area contributed by atoms with Gasteiger partial charge < -0.3 is 15.7 Å². The topological polar surface area (TPSA) is 157 Å². The van der Waals surface area contributed by atoms with Crippen LogP contribution in [0.15, 0.2) is 5.11 Å². The number of aliphatic hydroxyl groups excluding tert-OH is 1. The predicted molar refractivity (Wildman–Crippen MR) is 179 cm³/mol. The molecule has 0 unspecified atom stereocenters. The zero-order valence-corrected chi connectivity index (χ0v) is 29.5. The third-order valence-corrected chi connectivity index (χ3v) is 13.7. The number of azide groups is 1. The van der Waals surface area contributed by atoms with Crippen LogP contribution in [0.2, 0.25) is 0 Å². The van der Waals surface area contributed by atoms with Crippen LogP contribution in [0.4, 0.5) is 0 Å². The SMILES string of the molecule is CC(C)[C@@H](CC[C@@H](C)[C@H]1CC[C@H]2[C@@H]3[C@H](O)C[C@H]4C[C@@H](NCCCNCCCCN=[N+]=[N-])CC[C@]4(C)[C@H]3CC[C@]12C)OS(=O)(=O)O. The fourth-order valence-electron chi connectivity index (χ4n) is 10.8. The van der Waals surface area contributed by atoms with E-state index >= 15 is 0 Å². The normalized spacial score (nSPS) is 37.7. The van der Waals surface area contributed by atoms with Gasteiger partial charge in [0.1, 0.15) is 0 Å². The van der Waals surface area contributed by atoms with Crippen molar-refractivity contribution in [3.8, 4) is 0 Å². The molecule has 4 rings (SSSR count). The predicted octanol–water partition coefficient (Wildman–Crippen LogP) is 6.90. The molecule has 4 fully saturated rings. The van der Waals surface area contributed by atoms with Crippen LogP contribution >= 0.6 is 0 Å². The highest BCUT2D eigenvalue weighted by molar-refractivity contribution is 7.80. The molecule has 0 aromatic carbocycles. The van der Waals surface area contributed by atoms with Crippen molar-refractivity contribution in [2.45, 2.75) is 136 Å². The van der Waals surface area contributed by atoms with Gasteiger partial charge in [0.05, 0.1) is 12.2 Å². The molecule has 0 aliphatic heterocycles. The highest BCUT2D eigenvalue weighted by Crippen LogP contribution is 2.68. The lowest BCUT2D eigenvalue weighted by atomic mass is 9.43. The first kappa shape index (κ1) is 36.9. The molecule has 0 spiro atoms. The van der Waals surface area contributed by atoms with Gasteiger partial charge in [0, 0.05) is 17.5 Å². The summed E-state index contributed by atoms with van der Waals surface area (Å²) >= 11 is 0. The largest absolute Gasteiger partial charge is 0.397 e. The van der Waals surface area contributed by atoms with Crippen LogP contribution in [0.25, 0.3) is 10.4 Å². The zero-order chi connectivity index (χ0) is 32.8. The summed E-state index contributed by atoms with van der Waals surface area (Å²) in [6.45, 7) is 14.8. The van der Waals surface area contributed by atoms with Gasteiger partial charge in [-0.1, -0.05) is 39.7 Å². The molecule has 45 heavy (non-hydrogen) atoms. The van der Waals surface area contributed by atoms with Gasteiger partial charge in [-0.15, -0.1) is 0 Å². The van der Waals surface area contributed by atoms with Crippen LogP contribution in [0.1, 0.15) is 118 Å². The molecule has 10 nitrogen and oxygen atoms in total. The summed E-state index contributed by atoms with van der Waals surface area (Å²) in [5.41, 5.74) is 8.86. The molecule has 11 heteroatoms. The van der Waals surface area contributed by atoms with Gasteiger partial charge in [-0.2, -0.15) is 8.42 Å². The highest BCUT2D eigenvalue weighted by Gasteiger charge is 2.62. The minimum absolute atomic E-state index is 0.00737. The van der Waals surface area contributed by atoms with Crippen molar-refractivity contribution >= 4 is 10.4 Å². The molecule has 0 aromatic rings. The van der Waals surface area contributed by atoms with E-state index in [4.69, 9.17) is 9.71 Å². The summed E-state index contributed by atoms with van der Waals surface area (Å²) in [6.07, 6.45) is 13.2. The summed E-state index contributed by atoms with van der Waals surface area (Å²) in [7, 11) is -4.46. The van der Waals surface area contributed by atoms with Crippen molar-refractivity contribution in [2.24, 2.45) is 57.4 Å². The lowest BCUT2D eigenvalue weighted by Crippen LogP contribution is -2.59. The summed E-state index contributed by atoms with van der Waals surface area (Å²) in [4.78, 5) is 2.80. The van der Waals surface area contributed by atoms with Crippen molar-refractivity contribution in [1.29, 1.82) is 0 Å². The minimum atomic E-state index is -4.46. The number of fused-ring (bicyclic) bond motifs is 5. The molecule has 11 atom stereocenters. The molecule has 0 heterocycles. The molecule has 4 aliphatic rings. The van der Waals surface area contributed by atoms with Crippen LogP contribution < -0.4 is 10.6 Å². The molecular formula is C34H63N5O5S. The summed E-state index contributed by atoms with van der Waals surface area (Å²) in [6, 6.07) is 0.542. The number of aliphatic hydroxyl groups is 1. The van der Waals surface area contributed by atoms with E-state index in [1.165, 1.54) is 44.9 Å². The Morgan fingerprint density at radius 1 is 0.956 bits per heavy atom. The van der Waals surface area contributed by atoms with E-state index in [9.17, 15) is 18.1 Å². The van der Waals surface area contributed by atoms with Gasteiger partial charge in [0.25, 0.3) is 0 Å². The second-order valence-electron chi connectivity index (χ2n) is 16.1. The maximum atomic E-state index is 11.8. The van der Waals surface area contributed by atoms with Gasteiger partial charge in [-0.05, 0) is 161 Å². The van der Waals surface area contributed by atoms with E-state index < -0.39 is 16.5 Å². The van der Waals surface area contributed by atoms with E-state index in [0.29, 0.717) is 59.9 Å². The Hall–Kier alpha value is -0.940. The van der Waals surface area contributed by atoms with Crippen molar-refractivity contribution in [2.75, 3.05) is 26.2 Å². The Balaban J connectivity index is 1.28. The fraction of sp³-hybridized carbons (Fsp3) is 1.00. The molecule has 0 radical (unpaired) electrons. The Kier molecular flexibility index (Phi) is 13.1. The van der Waals surface area contributed by atoms with E-state index in [1.54, 1.807) is 0 Å². The van der Waals surface area contributed by atoms with Crippen molar-refractivity contribution in [1.82, 2.24) is 10.6 Å². The molecule has 4 aliphatic carbocycles. The first-order valence-corrected chi connectivity index (χ1v) is 19.5. The van der Waals surface area contributed by atoms with Crippen LogP contribution in [-0.4, -0.2) is 62.5 Å². The fourth-order valence-corrected chi connectivity index (χ4v) is 11.4. The number of nitrogens with one attached hydrogen (secondary N) is 2. The number of rotatable bonds is 17. The molecule has 0 amide bonds. The van der Waals surface area contributed by atoms with E-state index in [1.807, 2.05) is 13.8 Å². The van der Waals surface area contributed by atoms with Gasteiger partial charge in [-0.3, -0.25) is 4.55 Å². The minimum Gasteiger partial charge on any atom is -0.393 e. The van der Waals surface area contributed by atoms with Gasteiger partial charge >= 0.3 is 10.4 Å². The van der Waals surface area contributed by atoms with Crippen LogP contribution in [-0.2, 0) is 14.6 Å². The standard InChI is InChI=1S/C34H63N5O5S/c1-23(2)31(44-45(41,42)43)12-9-24(3)27-10-11-28-32-29(14-16-34(27,28)5)33(4)15-13-26(21-25(33)22-30(32)40)37-19-8-18-36-17-6-7-20-38-39-35/h23-32,36-37,40H,6-22H2,1-5H3,(H,41,42,43)/t24-,25-,26+,27-,28+,29+,30-,31-,32+,33+,34-/m1/s1. The molecular weight excluding hydrogens is 590 g/mol. The van der Waals surface area contributed by atoms with E-state index in [-0.39, 0.29) is 17.4 Å². The number of nitrogens with zero attached hydrogens (tertiary/aromatic N) is 3. The highest BCUT2D eigenvalue weighted by atomic mass is 32.3. The first-order valence-electron chi connectivity index (χ1n) is 18.1. The van der Waals surface area contributed by atoms with Crippen LogP contribution in [0.3, 0.4) is 0 Å². The van der Waals surface area contributed by atoms with Gasteiger partial charge in [-0.25, -0.2) is 4.18 Å². The second kappa shape index (κ2) is 16.0. The maximum absolute atomic E-state index is 11.8. The van der Waals surface area contributed by atoms with Crippen LogP contribution in [0, 0.1) is 52.3 Å². The monoisotopic (exact) mass is 653 g/mol. The smallest absolute Gasteiger partial charge is 0.393 e. The first-order chi connectivity index (χ1) is 21.3. The summed E-state index contributed by atoms with van der Waals surface area (Å²) < 4.78 is 37.1. The average Bonchev–Trinajstić information content (AvgIpc) is 3.33. The molecule has 4 N–H and O–H groups in total.